The lowest BCUT2D eigenvalue weighted by Crippen LogP contribution is -2.46. The number of aromatic nitrogens is 1. The molecule has 1 aliphatic heterocycles. The van der Waals surface area contributed by atoms with Crippen molar-refractivity contribution in [3.8, 4) is 0 Å². The topological polar surface area (TPSA) is 102 Å². The Morgan fingerprint density at radius 3 is 2.53 bits per heavy atom. The molecule has 1 aromatic heterocycles. The Morgan fingerprint density at radius 1 is 1.12 bits per heavy atom. The average molecular weight is 464 g/mol. The van der Waals surface area contributed by atoms with Gasteiger partial charge in [-0.3, -0.25) is 9.69 Å². The van der Waals surface area contributed by atoms with Crippen molar-refractivity contribution >= 4 is 22.6 Å². The summed E-state index contributed by atoms with van der Waals surface area (Å²) in [5.41, 5.74) is 9.30. The SMILES string of the molecule is N=NCc1cccc(CN2CCN(c3cc4c(cc3F)c(=O)c(C(=O)O)cn4C3CC3)CC2)c1. The summed E-state index contributed by atoms with van der Waals surface area (Å²) in [7, 11) is 0. The Bertz CT molecular complexity index is 1330. The zero-order valence-electron chi connectivity index (χ0n) is 18.7. The lowest BCUT2D eigenvalue weighted by molar-refractivity contribution is 0.0695. The van der Waals surface area contributed by atoms with Gasteiger partial charge in [-0.25, -0.2) is 14.7 Å². The zero-order valence-corrected chi connectivity index (χ0v) is 18.7. The van der Waals surface area contributed by atoms with Crippen LogP contribution in [0.5, 0.6) is 0 Å². The molecule has 0 spiro atoms. The molecule has 0 radical (unpaired) electrons. The Labute approximate surface area is 195 Å². The van der Waals surface area contributed by atoms with Gasteiger partial charge in [0.05, 0.1) is 17.7 Å². The Morgan fingerprint density at radius 2 is 1.85 bits per heavy atom. The van der Waals surface area contributed by atoms with Crippen molar-refractivity contribution < 1.29 is 14.3 Å². The van der Waals surface area contributed by atoms with Crippen molar-refractivity contribution in [3.05, 3.63) is 75.3 Å². The fraction of sp³-hybridized carbons (Fsp3) is 0.360. The molecule has 1 aliphatic carbocycles. The van der Waals surface area contributed by atoms with Crippen LogP contribution >= 0.6 is 0 Å². The number of nitrogens with one attached hydrogen (secondary N) is 1. The highest BCUT2D eigenvalue weighted by Gasteiger charge is 2.28. The van der Waals surface area contributed by atoms with Gasteiger partial charge in [-0.1, -0.05) is 24.3 Å². The number of rotatable bonds is 7. The smallest absolute Gasteiger partial charge is 0.341 e. The van der Waals surface area contributed by atoms with Crippen molar-refractivity contribution in [2.24, 2.45) is 5.11 Å². The van der Waals surface area contributed by atoms with E-state index in [2.05, 4.69) is 22.1 Å². The van der Waals surface area contributed by atoms with E-state index >= 15 is 4.39 Å². The second-order valence-electron chi connectivity index (χ2n) is 9.04. The molecule has 0 atom stereocenters. The summed E-state index contributed by atoms with van der Waals surface area (Å²) in [6.45, 7) is 3.97. The Kier molecular flexibility index (Phi) is 5.87. The fourth-order valence-corrected chi connectivity index (χ4v) is 4.73. The second-order valence-corrected chi connectivity index (χ2v) is 9.04. The number of anilines is 1. The first kappa shape index (κ1) is 22.2. The van der Waals surface area contributed by atoms with Crippen LogP contribution in [0, 0.1) is 11.3 Å². The molecule has 5 rings (SSSR count). The van der Waals surface area contributed by atoms with E-state index < -0.39 is 17.2 Å². The summed E-state index contributed by atoms with van der Waals surface area (Å²) in [5.74, 6) is -1.80. The molecule has 9 heteroatoms. The molecule has 3 aromatic rings. The molecule has 2 fully saturated rings. The van der Waals surface area contributed by atoms with E-state index in [1.165, 1.54) is 12.3 Å². The number of pyridine rings is 1. The number of piperazine rings is 1. The largest absolute Gasteiger partial charge is 0.477 e. The van der Waals surface area contributed by atoms with Crippen LogP contribution < -0.4 is 10.3 Å². The van der Waals surface area contributed by atoms with Gasteiger partial charge in [-0.15, -0.1) is 0 Å². The van der Waals surface area contributed by atoms with E-state index in [1.54, 1.807) is 6.07 Å². The highest BCUT2D eigenvalue weighted by molar-refractivity contribution is 5.93. The average Bonchev–Trinajstić information content (AvgIpc) is 3.66. The number of carbonyl (C=O) groups is 1. The molecule has 1 saturated carbocycles. The third-order valence-electron chi connectivity index (χ3n) is 6.64. The molecule has 2 aromatic carbocycles. The van der Waals surface area contributed by atoms with Gasteiger partial charge in [-0.05, 0) is 36.1 Å². The molecule has 2 N–H and O–H groups in total. The van der Waals surface area contributed by atoms with Gasteiger partial charge in [0, 0.05) is 50.3 Å². The molecule has 0 unspecified atom stereocenters. The van der Waals surface area contributed by atoms with E-state index in [1.807, 2.05) is 21.6 Å². The number of halogens is 1. The number of nitrogens with zero attached hydrogens (tertiary/aromatic N) is 4. The van der Waals surface area contributed by atoms with E-state index in [9.17, 15) is 14.7 Å². The van der Waals surface area contributed by atoms with E-state index in [0.717, 1.165) is 43.6 Å². The minimum absolute atomic E-state index is 0.117. The van der Waals surface area contributed by atoms with E-state index in [0.29, 0.717) is 30.8 Å². The van der Waals surface area contributed by atoms with Gasteiger partial charge in [0.2, 0.25) is 5.43 Å². The maximum absolute atomic E-state index is 15.2. The maximum atomic E-state index is 15.2. The van der Waals surface area contributed by atoms with Gasteiger partial charge in [0.15, 0.2) is 0 Å². The van der Waals surface area contributed by atoms with Gasteiger partial charge in [-0.2, -0.15) is 5.11 Å². The third kappa shape index (κ3) is 4.31. The Balaban J connectivity index is 1.37. The van der Waals surface area contributed by atoms with Crippen LogP contribution in [0.25, 0.3) is 10.9 Å². The molecule has 8 nitrogen and oxygen atoms in total. The van der Waals surface area contributed by atoms with Crippen LogP contribution in [0.2, 0.25) is 0 Å². The predicted molar refractivity (Wildman–Crippen MR) is 126 cm³/mol. The van der Waals surface area contributed by atoms with Crippen LogP contribution in [-0.2, 0) is 13.1 Å². The van der Waals surface area contributed by atoms with Crippen molar-refractivity contribution in [1.82, 2.24) is 9.47 Å². The first-order valence-electron chi connectivity index (χ1n) is 11.4. The summed E-state index contributed by atoms with van der Waals surface area (Å²) in [6, 6.07) is 11.1. The minimum atomic E-state index is -1.29. The third-order valence-corrected chi connectivity index (χ3v) is 6.64. The second kappa shape index (κ2) is 8.98. The molecule has 1 saturated heterocycles. The number of hydrogen-bond acceptors (Lipinski definition) is 6. The quantitative estimate of drug-likeness (QED) is 0.515. The highest BCUT2D eigenvalue weighted by Crippen LogP contribution is 2.38. The normalized spacial score (nSPS) is 16.7. The number of fused-ring (bicyclic) bond motifs is 1. The monoisotopic (exact) mass is 463 g/mol. The molecular formula is C25H26FN5O3. The first-order chi connectivity index (χ1) is 16.4. The first-order valence-corrected chi connectivity index (χ1v) is 11.4. The minimum Gasteiger partial charge on any atom is -0.477 e. The summed E-state index contributed by atoms with van der Waals surface area (Å²) in [5, 5.41) is 13.0. The predicted octanol–water partition coefficient (Wildman–Crippen LogP) is 4.03. The molecule has 176 valence electrons. The number of hydrogen-bond donors (Lipinski definition) is 2. The molecular weight excluding hydrogens is 437 g/mol. The molecule has 0 amide bonds. The summed E-state index contributed by atoms with van der Waals surface area (Å²) < 4.78 is 17.0. The van der Waals surface area contributed by atoms with Crippen molar-refractivity contribution in [1.29, 1.82) is 5.53 Å². The van der Waals surface area contributed by atoms with E-state index in [4.69, 9.17) is 5.53 Å². The molecule has 34 heavy (non-hydrogen) atoms. The molecule has 2 heterocycles. The molecule has 2 aliphatic rings. The van der Waals surface area contributed by atoms with Crippen LogP contribution in [-0.4, -0.2) is 46.7 Å². The van der Waals surface area contributed by atoms with E-state index in [-0.39, 0.29) is 17.0 Å². The molecule has 0 bridgehead atoms. The van der Waals surface area contributed by atoms with Crippen LogP contribution in [0.1, 0.15) is 40.4 Å². The number of carboxylic acid groups (broad SMARTS) is 1. The lowest BCUT2D eigenvalue weighted by atomic mass is 10.1. The van der Waals surface area contributed by atoms with Gasteiger partial charge >= 0.3 is 5.97 Å². The standard InChI is InChI=1S/C25H26FN5O3/c26-21-11-19-22(31(18-4-5-18)15-20(24(19)32)25(33)34)12-23(21)30-8-6-29(7-9-30)14-17-3-1-2-16(10-17)13-28-27/h1-3,10-12,15,18,27H,4-9,13-14H2,(H,33,34). The summed E-state index contributed by atoms with van der Waals surface area (Å²) in [6.07, 6.45) is 3.24. The summed E-state index contributed by atoms with van der Waals surface area (Å²) in [4.78, 5) is 28.5. The summed E-state index contributed by atoms with van der Waals surface area (Å²) >= 11 is 0. The Hall–Kier alpha value is -3.59. The van der Waals surface area contributed by atoms with Crippen LogP contribution in [0.15, 0.2) is 52.5 Å². The number of benzene rings is 2. The van der Waals surface area contributed by atoms with Gasteiger partial charge < -0.3 is 14.6 Å². The zero-order chi connectivity index (χ0) is 23.8. The van der Waals surface area contributed by atoms with Crippen LogP contribution in [0.4, 0.5) is 10.1 Å². The lowest BCUT2D eigenvalue weighted by Gasteiger charge is -2.36. The highest BCUT2D eigenvalue weighted by atomic mass is 19.1. The van der Waals surface area contributed by atoms with Gasteiger partial charge in [0.1, 0.15) is 11.4 Å². The fourth-order valence-electron chi connectivity index (χ4n) is 4.73. The van der Waals surface area contributed by atoms with Crippen molar-refractivity contribution in [2.75, 3.05) is 31.1 Å². The van der Waals surface area contributed by atoms with Crippen molar-refractivity contribution in [3.63, 3.8) is 0 Å². The van der Waals surface area contributed by atoms with Gasteiger partial charge in [0.25, 0.3) is 0 Å². The van der Waals surface area contributed by atoms with Crippen LogP contribution in [0.3, 0.4) is 0 Å². The number of carboxylic acids is 1. The number of aromatic carboxylic acids is 1. The maximum Gasteiger partial charge on any atom is 0.341 e. The van der Waals surface area contributed by atoms with Crippen molar-refractivity contribution in [2.45, 2.75) is 32.0 Å².